The van der Waals surface area contributed by atoms with E-state index in [0.717, 1.165) is 5.56 Å². The molecule has 0 aliphatic heterocycles. The molecule has 2 heterocycles. The van der Waals surface area contributed by atoms with Crippen LogP contribution in [-0.4, -0.2) is 22.5 Å². The van der Waals surface area contributed by atoms with E-state index in [1.165, 1.54) is 31.4 Å². The average molecular weight is 326 g/mol. The van der Waals surface area contributed by atoms with Gasteiger partial charge < -0.3 is 4.74 Å². The Morgan fingerprint density at radius 2 is 2.00 bits per heavy atom. The Balaban J connectivity index is 2.06. The molecule has 1 aromatic carbocycles. The Hall–Kier alpha value is -3.09. The molecule has 3 rings (SSSR count). The Morgan fingerprint density at radius 1 is 1.25 bits per heavy atom. The number of fused-ring (bicyclic) bond motifs is 1. The van der Waals surface area contributed by atoms with E-state index in [1.807, 2.05) is 19.1 Å². The minimum atomic E-state index is -0.408. The van der Waals surface area contributed by atoms with Gasteiger partial charge in [-0.2, -0.15) is 0 Å². The third-order valence-electron chi connectivity index (χ3n) is 3.52. The number of benzene rings is 1. The predicted octanol–water partition coefficient (Wildman–Crippen LogP) is 3.91. The fourth-order valence-corrected chi connectivity index (χ4v) is 2.28. The number of nitrogens with zero attached hydrogens (tertiary/aromatic N) is 4. The SMILES string of the molecule is COC(=O)Cc1nc2c(C)cccn2c1N=Nc1ccc(F)cc1. The van der Waals surface area contributed by atoms with E-state index in [9.17, 15) is 9.18 Å². The lowest BCUT2D eigenvalue weighted by Gasteiger charge is -1.99. The zero-order valence-corrected chi connectivity index (χ0v) is 13.2. The number of imidazole rings is 1. The fraction of sp³-hybridized carbons (Fsp3) is 0.176. The Morgan fingerprint density at radius 3 is 2.71 bits per heavy atom. The molecule has 0 amide bonds. The summed E-state index contributed by atoms with van der Waals surface area (Å²) in [4.78, 5) is 16.1. The second kappa shape index (κ2) is 6.57. The van der Waals surface area contributed by atoms with Gasteiger partial charge in [0.05, 0.1) is 24.9 Å². The van der Waals surface area contributed by atoms with Crippen LogP contribution in [0.5, 0.6) is 0 Å². The van der Waals surface area contributed by atoms with Crippen LogP contribution in [0.4, 0.5) is 15.9 Å². The van der Waals surface area contributed by atoms with E-state index in [4.69, 9.17) is 4.74 Å². The van der Waals surface area contributed by atoms with E-state index < -0.39 is 5.97 Å². The van der Waals surface area contributed by atoms with Crippen molar-refractivity contribution >= 4 is 23.1 Å². The monoisotopic (exact) mass is 326 g/mol. The molecule has 0 bridgehead atoms. The topological polar surface area (TPSA) is 68.3 Å². The third kappa shape index (κ3) is 3.15. The number of aromatic nitrogens is 2. The van der Waals surface area contributed by atoms with Crippen LogP contribution in [0.15, 0.2) is 52.8 Å². The minimum Gasteiger partial charge on any atom is -0.469 e. The van der Waals surface area contributed by atoms with E-state index >= 15 is 0 Å². The molecule has 0 saturated carbocycles. The summed E-state index contributed by atoms with van der Waals surface area (Å²) in [7, 11) is 1.32. The van der Waals surface area contributed by atoms with E-state index in [2.05, 4.69) is 15.2 Å². The number of azo groups is 1. The van der Waals surface area contributed by atoms with Crippen molar-refractivity contribution in [3.63, 3.8) is 0 Å². The van der Waals surface area contributed by atoms with Crippen LogP contribution in [0.25, 0.3) is 5.65 Å². The molecule has 0 atom stereocenters. The maximum atomic E-state index is 13.0. The molecule has 2 aromatic heterocycles. The predicted molar refractivity (Wildman–Crippen MR) is 86.2 cm³/mol. The molecule has 6 nitrogen and oxygen atoms in total. The van der Waals surface area contributed by atoms with Crippen LogP contribution < -0.4 is 0 Å². The number of halogens is 1. The van der Waals surface area contributed by atoms with Crippen LogP contribution in [0.1, 0.15) is 11.3 Å². The lowest BCUT2D eigenvalue weighted by molar-refractivity contribution is -0.139. The first-order valence-electron chi connectivity index (χ1n) is 7.29. The van der Waals surface area contributed by atoms with E-state index in [1.54, 1.807) is 10.6 Å². The van der Waals surface area contributed by atoms with Gasteiger partial charge in [0, 0.05) is 6.20 Å². The number of pyridine rings is 1. The smallest absolute Gasteiger partial charge is 0.311 e. The molecular weight excluding hydrogens is 311 g/mol. The molecule has 0 unspecified atom stereocenters. The zero-order chi connectivity index (χ0) is 17.1. The summed E-state index contributed by atoms with van der Waals surface area (Å²) in [5.41, 5.74) is 2.63. The molecular formula is C17H15FN4O2. The van der Waals surface area contributed by atoms with Gasteiger partial charge in [-0.3, -0.25) is 9.20 Å². The summed E-state index contributed by atoms with van der Waals surface area (Å²) < 4.78 is 19.4. The summed E-state index contributed by atoms with van der Waals surface area (Å²) >= 11 is 0. The van der Waals surface area contributed by atoms with Crippen molar-refractivity contribution in [1.29, 1.82) is 0 Å². The van der Waals surface area contributed by atoms with E-state index in [-0.39, 0.29) is 12.2 Å². The molecule has 0 aliphatic rings. The number of methoxy groups -OCH3 is 1. The van der Waals surface area contributed by atoms with Gasteiger partial charge in [0.25, 0.3) is 0 Å². The molecule has 3 aromatic rings. The van der Waals surface area contributed by atoms with Crippen LogP contribution in [0.2, 0.25) is 0 Å². The average Bonchev–Trinajstić information content (AvgIpc) is 2.93. The zero-order valence-electron chi connectivity index (χ0n) is 13.2. The van der Waals surface area contributed by atoms with Gasteiger partial charge in [-0.15, -0.1) is 10.2 Å². The van der Waals surface area contributed by atoms with Crippen molar-refractivity contribution in [3.8, 4) is 0 Å². The number of carbonyl (C=O) groups is 1. The van der Waals surface area contributed by atoms with Crippen molar-refractivity contribution in [2.75, 3.05) is 7.11 Å². The maximum Gasteiger partial charge on any atom is 0.311 e. The third-order valence-corrected chi connectivity index (χ3v) is 3.52. The quantitative estimate of drug-likeness (QED) is 0.539. The molecule has 0 spiro atoms. The standard InChI is InChI=1S/C17H15FN4O2/c1-11-4-3-9-22-16(11)19-14(10-15(23)24-2)17(22)21-20-13-7-5-12(18)6-8-13/h3-9H,10H2,1-2H3. The van der Waals surface area contributed by atoms with Crippen molar-refractivity contribution in [1.82, 2.24) is 9.38 Å². The van der Waals surface area contributed by atoms with Crippen LogP contribution in [0, 0.1) is 12.7 Å². The Labute approximate surface area is 137 Å². The van der Waals surface area contributed by atoms with Crippen molar-refractivity contribution in [2.24, 2.45) is 10.2 Å². The molecule has 7 heteroatoms. The first-order chi connectivity index (χ1) is 11.6. The number of rotatable bonds is 4. The number of ether oxygens (including phenoxy) is 1. The molecule has 0 radical (unpaired) electrons. The summed E-state index contributed by atoms with van der Waals surface area (Å²) in [5.74, 6) is -0.302. The normalized spacial score (nSPS) is 11.3. The highest BCUT2D eigenvalue weighted by Gasteiger charge is 2.16. The number of hydrogen-bond donors (Lipinski definition) is 0. The Bertz CT molecular complexity index is 916. The highest BCUT2D eigenvalue weighted by molar-refractivity contribution is 5.74. The van der Waals surface area contributed by atoms with Gasteiger partial charge in [-0.25, -0.2) is 9.37 Å². The molecule has 0 saturated heterocycles. The van der Waals surface area contributed by atoms with Crippen molar-refractivity contribution in [3.05, 3.63) is 59.7 Å². The lowest BCUT2D eigenvalue weighted by atomic mass is 10.3. The highest BCUT2D eigenvalue weighted by atomic mass is 19.1. The largest absolute Gasteiger partial charge is 0.469 e. The minimum absolute atomic E-state index is 0.00457. The van der Waals surface area contributed by atoms with Gasteiger partial charge in [-0.05, 0) is 42.8 Å². The maximum absolute atomic E-state index is 13.0. The number of aryl methyl sites for hydroxylation is 1. The summed E-state index contributed by atoms with van der Waals surface area (Å²) in [6.07, 6.45) is 1.80. The van der Waals surface area contributed by atoms with Gasteiger partial charge in [0.1, 0.15) is 11.5 Å². The van der Waals surface area contributed by atoms with Gasteiger partial charge >= 0.3 is 5.97 Å². The van der Waals surface area contributed by atoms with Crippen LogP contribution >= 0.6 is 0 Å². The molecule has 0 fully saturated rings. The number of carbonyl (C=O) groups excluding carboxylic acids is 1. The summed E-state index contributed by atoms with van der Waals surface area (Å²) in [6, 6.07) is 9.44. The summed E-state index contributed by atoms with van der Waals surface area (Å²) in [5, 5.41) is 8.33. The second-order valence-corrected chi connectivity index (χ2v) is 5.20. The first kappa shape index (κ1) is 15.8. The van der Waals surface area contributed by atoms with Gasteiger partial charge in [-0.1, -0.05) is 6.07 Å². The molecule has 0 N–H and O–H groups in total. The lowest BCUT2D eigenvalue weighted by Crippen LogP contribution is -2.04. The number of esters is 1. The first-order valence-corrected chi connectivity index (χ1v) is 7.29. The number of hydrogen-bond acceptors (Lipinski definition) is 5. The molecule has 122 valence electrons. The van der Waals surface area contributed by atoms with Gasteiger partial charge in [0.2, 0.25) is 0 Å². The Kier molecular flexibility index (Phi) is 4.33. The summed E-state index contributed by atoms with van der Waals surface area (Å²) in [6.45, 7) is 1.92. The van der Waals surface area contributed by atoms with Crippen LogP contribution in [-0.2, 0) is 16.0 Å². The highest BCUT2D eigenvalue weighted by Crippen LogP contribution is 2.26. The second-order valence-electron chi connectivity index (χ2n) is 5.20. The van der Waals surface area contributed by atoms with Crippen LogP contribution in [0.3, 0.4) is 0 Å². The van der Waals surface area contributed by atoms with E-state index in [0.29, 0.717) is 22.8 Å². The fourth-order valence-electron chi connectivity index (χ4n) is 2.28. The molecule has 24 heavy (non-hydrogen) atoms. The van der Waals surface area contributed by atoms with Gasteiger partial charge in [0.15, 0.2) is 5.82 Å². The molecule has 0 aliphatic carbocycles. The van der Waals surface area contributed by atoms with Crippen molar-refractivity contribution < 1.29 is 13.9 Å². The van der Waals surface area contributed by atoms with Crippen molar-refractivity contribution in [2.45, 2.75) is 13.3 Å².